The molecule has 19 heavy (non-hydrogen) atoms. The molecule has 0 aromatic rings. The Balaban J connectivity index is 1.94. The number of nitrogens with one attached hydrogen (secondary N) is 1. The molecule has 0 radical (unpaired) electrons. The lowest BCUT2D eigenvalue weighted by Gasteiger charge is -2.27. The van der Waals surface area contributed by atoms with E-state index in [1.807, 2.05) is 0 Å². The van der Waals surface area contributed by atoms with E-state index in [0.717, 1.165) is 12.8 Å². The number of carbonyl (C=O) groups is 2. The summed E-state index contributed by atoms with van der Waals surface area (Å²) in [6.07, 6.45) is 3.72. The minimum Gasteiger partial charge on any atom is -0.480 e. The second-order valence-electron chi connectivity index (χ2n) is 5.53. The van der Waals surface area contributed by atoms with Crippen LogP contribution in [0, 0.1) is 0 Å². The highest BCUT2D eigenvalue weighted by Gasteiger charge is 2.36. The Hall–Kier alpha value is -1.30. The van der Waals surface area contributed by atoms with Gasteiger partial charge in [0.1, 0.15) is 6.04 Å². The molecule has 2 unspecified atom stereocenters. The number of fused-ring (bicyclic) bond motifs is 2. The molecule has 2 aliphatic rings. The van der Waals surface area contributed by atoms with Crippen LogP contribution in [-0.2, 0) is 4.79 Å². The average Bonchev–Trinajstić information content (AvgIpc) is 2.59. The highest BCUT2D eigenvalue weighted by molar-refractivity contribution is 5.82. The fraction of sp³-hybridized carbons (Fsp3) is 0.846. The minimum absolute atomic E-state index is 0.241. The molecule has 2 fully saturated rings. The first-order valence-electron chi connectivity index (χ1n) is 7.03. The monoisotopic (exact) mass is 269 g/mol. The summed E-state index contributed by atoms with van der Waals surface area (Å²) in [6, 6.07) is -0.0340. The summed E-state index contributed by atoms with van der Waals surface area (Å²) < 4.78 is 0. The normalized spacial score (nSPS) is 28.8. The van der Waals surface area contributed by atoms with Crippen molar-refractivity contribution in [3.8, 4) is 0 Å². The fourth-order valence-corrected chi connectivity index (χ4v) is 3.07. The zero-order valence-electron chi connectivity index (χ0n) is 11.6. The average molecular weight is 269 g/mol. The Morgan fingerprint density at radius 2 is 2.00 bits per heavy atom. The molecular weight excluding hydrogens is 246 g/mol. The van der Waals surface area contributed by atoms with E-state index >= 15 is 0 Å². The van der Waals surface area contributed by atoms with Gasteiger partial charge in [-0.2, -0.15) is 0 Å². The van der Waals surface area contributed by atoms with Crippen LogP contribution in [0.15, 0.2) is 0 Å². The number of likely N-dealkylation sites (N-methyl/N-ethyl adjacent to an activating group) is 1. The van der Waals surface area contributed by atoms with Gasteiger partial charge in [-0.3, -0.25) is 4.90 Å². The van der Waals surface area contributed by atoms with Crippen LogP contribution in [0.1, 0.15) is 32.6 Å². The Bertz CT molecular complexity index is 361. The summed E-state index contributed by atoms with van der Waals surface area (Å²) in [5.74, 6) is -0.968. The molecule has 2 saturated heterocycles. The molecule has 2 amide bonds. The van der Waals surface area contributed by atoms with Crippen molar-refractivity contribution in [1.29, 1.82) is 0 Å². The Morgan fingerprint density at radius 1 is 1.32 bits per heavy atom. The first-order valence-corrected chi connectivity index (χ1v) is 7.03. The molecule has 0 saturated carbocycles. The van der Waals surface area contributed by atoms with Crippen molar-refractivity contribution in [2.75, 3.05) is 20.1 Å². The summed E-state index contributed by atoms with van der Waals surface area (Å²) in [4.78, 5) is 27.2. The second kappa shape index (κ2) is 5.77. The molecule has 2 N–H and O–H groups in total. The van der Waals surface area contributed by atoms with Crippen LogP contribution in [0.2, 0.25) is 0 Å². The van der Waals surface area contributed by atoms with Gasteiger partial charge in [-0.15, -0.1) is 0 Å². The van der Waals surface area contributed by atoms with Crippen LogP contribution in [-0.4, -0.2) is 65.2 Å². The van der Waals surface area contributed by atoms with Crippen molar-refractivity contribution in [3.63, 3.8) is 0 Å². The van der Waals surface area contributed by atoms with Gasteiger partial charge in [0.15, 0.2) is 0 Å². The maximum atomic E-state index is 12.1. The summed E-state index contributed by atoms with van der Waals surface area (Å²) in [7, 11) is 2.12. The molecule has 0 aromatic heterocycles. The number of likely N-dealkylation sites (tertiary alicyclic amines) is 1. The summed E-state index contributed by atoms with van der Waals surface area (Å²) in [5, 5.41) is 11.6. The zero-order chi connectivity index (χ0) is 14.0. The van der Waals surface area contributed by atoms with Crippen LogP contribution in [0.5, 0.6) is 0 Å². The first kappa shape index (κ1) is 14.1. The number of hydrogen-bond acceptors (Lipinski definition) is 3. The Morgan fingerprint density at radius 3 is 2.63 bits per heavy atom. The summed E-state index contributed by atoms with van der Waals surface area (Å²) in [5.41, 5.74) is 0. The van der Waals surface area contributed by atoms with Gasteiger partial charge in [0.2, 0.25) is 0 Å². The largest absolute Gasteiger partial charge is 0.480 e. The van der Waals surface area contributed by atoms with Crippen molar-refractivity contribution in [3.05, 3.63) is 0 Å². The lowest BCUT2D eigenvalue weighted by atomic mass is 10.1. The quantitative estimate of drug-likeness (QED) is 0.792. The van der Waals surface area contributed by atoms with Crippen LogP contribution >= 0.6 is 0 Å². The van der Waals surface area contributed by atoms with Gasteiger partial charge in [0.25, 0.3) is 0 Å². The lowest BCUT2D eigenvalue weighted by Crippen LogP contribution is -2.50. The van der Waals surface area contributed by atoms with E-state index in [2.05, 4.69) is 17.3 Å². The smallest absolute Gasteiger partial charge is 0.326 e. The molecule has 6 nitrogen and oxygen atoms in total. The fourth-order valence-electron chi connectivity index (χ4n) is 3.07. The molecule has 0 spiro atoms. The maximum absolute atomic E-state index is 12.1. The number of aliphatic carboxylic acids is 1. The summed E-state index contributed by atoms with van der Waals surface area (Å²) >= 11 is 0. The van der Waals surface area contributed by atoms with Gasteiger partial charge in [-0.05, 0) is 32.7 Å². The number of urea groups is 1. The van der Waals surface area contributed by atoms with Crippen molar-refractivity contribution in [1.82, 2.24) is 15.1 Å². The lowest BCUT2D eigenvalue weighted by molar-refractivity contribution is -0.139. The number of carboxylic acid groups (broad SMARTS) is 1. The number of carbonyl (C=O) groups excluding carboxylic acids is 1. The third-order valence-corrected chi connectivity index (χ3v) is 4.44. The van der Waals surface area contributed by atoms with E-state index in [-0.39, 0.29) is 6.03 Å². The third-order valence-electron chi connectivity index (χ3n) is 4.44. The number of amides is 2. The Labute approximate surface area is 113 Å². The molecule has 2 rings (SSSR count). The molecule has 2 bridgehead atoms. The van der Waals surface area contributed by atoms with Crippen molar-refractivity contribution in [2.24, 2.45) is 0 Å². The second-order valence-corrected chi connectivity index (χ2v) is 5.53. The molecule has 0 aromatic carbocycles. The highest BCUT2D eigenvalue weighted by atomic mass is 16.4. The Kier molecular flexibility index (Phi) is 4.29. The predicted octanol–water partition coefficient (Wildman–Crippen LogP) is 0.728. The maximum Gasteiger partial charge on any atom is 0.326 e. The van der Waals surface area contributed by atoms with Crippen LogP contribution in [0.4, 0.5) is 4.79 Å². The molecule has 3 atom stereocenters. The standard InChI is InChI=1S/C13H23N3O3/c1-3-11(12(17)18)14-13(19)16-7-6-9-4-5-10(8-16)15(9)2/h9-11H,3-8H2,1-2H3,(H,14,19)(H,17,18)/t9?,10?,11-/m0/s1. The number of nitrogens with zero attached hydrogens (tertiary/aromatic N) is 2. The van der Waals surface area contributed by atoms with Gasteiger partial charge < -0.3 is 15.3 Å². The number of carboxylic acids is 1. The van der Waals surface area contributed by atoms with Crippen molar-refractivity contribution < 1.29 is 14.7 Å². The molecule has 2 heterocycles. The molecule has 0 aliphatic carbocycles. The van der Waals surface area contributed by atoms with Gasteiger partial charge in [-0.1, -0.05) is 6.92 Å². The predicted molar refractivity (Wildman–Crippen MR) is 71.0 cm³/mol. The molecular formula is C13H23N3O3. The van der Waals surface area contributed by atoms with E-state index in [0.29, 0.717) is 31.6 Å². The van der Waals surface area contributed by atoms with Crippen molar-refractivity contribution >= 4 is 12.0 Å². The highest BCUT2D eigenvalue weighted by Crippen LogP contribution is 2.28. The van der Waals surface area contributed by atoms with E-state index in [4.69, 9.17) is 5.11 Å². The van der Waals surface area contributed by atoms with Gasteiger partial charge in [0, 0.05) is 25.2 Å². The van der Waals surface area contributed by atoms with Gasteiger partial charge in [-0.25, -0.2) is 9.59 Å². The topological polar surface area (TPSA) is 72.9 Å². The number of rotatable bonds is 3. The van der Waals surface area contributed by atoms with Gasteiger partial charge >= 0.3 is 12.0 Å². The van der Waals surface area contributed by atoms with Crippen molar-refractivity contribution in [2.45, 2.75) is 50.7 Å². The molecule has 6 heteroatoms. The SMILES string of the molecule is CC[C@H](NC(=O)N1CCC2CCC(C1)N2C)C(=O)O. The van der Waals surface area contributed by atoms with Crippen LogP contribution in [0.3, 0.4) is 0 Å². The minimum atomic E-state index is -0.968. The van der Waals surface area contributed by atoms with Crippen LogP contribution in [0.25, 0.3) is 0 Å². The van der Waals surface area contributed by atoms with Gasteiger partial charge in [0.05, 0.1) is 0 Å². The number of hydrogen-bond donors (Lipinski definition) is 2. The van der Waals surface area contributed by atoms with E-state index in [9.17, 15) is 9.59 Å². The van der Waals surface area contributed by atoms with Crippen LogP contribution < -0.4 is 5.32 Å². The molecule has 2 aliphatic heterocycles. The third kappa shape index (κ3) is 3.00. The molecule has 108 valence electrons. The van der Waals surface area contributed by atoms with E-state index in [1.54, 1.807) is 11.8 Å². The summed E-state index contributed by atoms with van der Waals surface area (Å²) in [6.45, 7) is 3.18. The van der Waals surface area contributed by atoms with E-state index < -0.39 is 12.0 Å². The first-order chi connectivity index (χ1) is 9.02. The zero-order valence-corrected chi connectivity index (χ0v) is 11.6. The van der Waals surface area contributed by atoms with E-state index in [1.165, 1.54) is 6.42 Å².